The highest BCUT2D eigenvalue weighted by Gasteiger charge is 2.24. The lowest BCUT2D eigenvalue weighted by Gasteiger charge is -2.27. The lowest BCUT2D eigenvalue weighted by atomic mass is 10.1. The van der Waals surface area contributed by atoms with Crippen molar-refractivity contribution in [1.29, 1.82) is 0 Å². The largest absolute Gasteiger partial charge is 0.334 e. The first-order valence-electron chi connectivity index (χ1n) is 8.82. The molecule has 0 unspecified atom stereocenters. The first-order valence-corrected chi connectivity index (χ1v) is 8.82. The number of anilines is 1. The van der Waals surface area contributed by atoms with Gasteiger partial charge in [0.05, 0.1) is 18.6 Å². The normalized spacial score (nSPS) is 13.3. The maximum atomic E-state index is 12.5. The zero-order valence-electron chi connectivity index (χ0n) is 14.5. The summed E-state index contributed by atoms with van der Waals surface area (Å²) in [5, 5.41) is 2.91. The second kappa shape index (κ2) is 7.39. The van der Waals surface area contributed by atoms with Crippen LogP contribution in [0.1, 0.15) is 17.0 Å². The van der Waals surface area contributed by atoms with Gasteiger partial charge in [0.15, 0.2) is 0 Å². The first kappa shape index (κ1) is 16.3. The van der Waals surface area contributed by atoms with Crippen molar-refractivity contribution in [2.75, 3.05) is 11.9 Å². The van der Waals surface area contributed by atoms with E-state index < -0.39 is 0 Å². The van der Waals surface area contributed by atoms with Crippen molar-refractivity contribution in [3.63, 3.8) is 0 Å². The molecule has 1 N–H and O–H groups in total. The maximum Gasteiger partial charge on any atom is 0.322 e. The number of amides is 2. The molecule has 0 radical (unpaired) electrons. The Balaban J connectivity index is 1.39. The highest BCUT2D eigenvalue weighted by Crippen LogP contribution is 2.19. The van der Waals surface area contributed by atoms with Crippen molar-refractivity contribution in [2.24, 2.45) is 0 Å². The number of fused-ring (bicyclic) bond motifs is 1. The Kier molecular flexibility index (Phi) is 4.64. The molecule has 0 fully saturated rings. The third-order valence-corrected chi connectivity index (χ3v) is 4.69. The van der Waals surface area contributed by atoms with Gasteiger partial charge in [-0.1, -0.05) is 30.3 Å². The number of rotatable bonds is 4. The van der Waals surface area contributed by atoms with Crippen LogP contribution in [-0.4, -0.2) is 32.0 Å². The number of aromatic nitrogens is 3. The zero-order valence-corrected chi connectivity index (χ0v) is 14.5. The van der Waals surface area contributed by atoms with E-state index in [-0.39, 0.29) is 6.03 Å². The Bertz CT molecular complexity index is 876. The predicted octanol–water partition coefficient (Wildman–Crippen LogP) is 3.11. The number of hydrogen-bond acceptors (Lipinski definition) is 3. The summed E-state index contributed by atoms with van der Waals surface area (Å²) < 4.78 is 2.22. The quantitative estimate of drug-likeness (QED) is 0.789. The van der Waals surface area contributed by atoms with Crippen LogP contribution in [0, 0.1) is 0 Å². The van der Waals surface area contributed by atoms with E-state index in [1.807, 2.05) is 12.4 Å². The number of benzene rings is 1. The van der Waals surface area contributed by atoms with Gasteiger partial charge in [-0.05, 0) is 24.1 Å². The van der Waals surface area contributed by atoms with E-state index in [1.54, 1.807) is 29.4 Å². The molecule has 6 nitrogen and oxygen atoms in total. The average Bonchev–Trinajstić information content (AvgIpc) is 3.10. The summed E-state index contributed by atoms with van der Waals surface area (Å²) in [7, 11) is 0. The van der Waals surface area contributed by atoms with Crippen LogP contribution < -0.4 is 5.32 Å². The molecule has 1 aliphatic rings. The molecule has 3 aromatic rings. The third-order valence-electron chi connectivity index (χ3n) is 4.69. The number of urea groups is 1. The Morgan fingerprint density at radius 2 is 1.92 bits per heavy atom. The number of nitrogens with one attached hydrogen (secondary N) is 1. The fourth-order valence-corrected chi connectivity index (χ4v) is 3.27. The number of carbonyl (C=O) groups is 1. The van der Waals surface area contributed by atoms with Crippen LogP contribution in [-0.2, 0) is 25.9 Å². The van der Waals surface area contributed by atoms with Crippen molar-refractivity contribution in [2.45, 2.75) is 25.9 Å². The molecule has 0 saturated heterocycles. The second-order valence-corrected chi connectivity index (χ2v) is 6.40. The Hall–Kier alpha value is -3.15. The fraction of sp³-hybridized carbons (Fsp3) is 0.250. The molecule has 0 saturated carbocycles. The predicted molar refractivity (Wildman–Crippen MR) is 99.7 cm³/mol. The van der Waals surface area contributed by atoms with E-state index in [4.69, 9.17) is 0 Å². The topological polar surface area (TPSA) is 63.1 Å². The summed E-state index contributed by atoms with van der Waals surface area (Å²) in [5.41, 5.74) is 4.32. The molecule has 0 atom stereocenters. The van der Waals surface area contributed by atoms with Crippen LogP contribution in [0.2, 0.25) is 0 Å². The van der Waals surface area contributed by atoms with E-state index >= 15 is 0 Å². The van der Waals surface area contributed by atoms with E-state index in [2.05, 4.69) is 44.1 Å². The number of pyridine rings is 1. The average molecular weight is 347 g/mol. The van der Waals surface area contributed by atoms with Gasteiger partial charge in [-0.15, -0.1) is 0 Å². The van der Waals surface area contributed by atoms with Crippen LogP contribution in [0.3, 0.4) is 0 Å². The van der Waals surface area contributed by atoms with Gasteiger partial charge < -0.3 is 14.8 Å². The standard InChI is InChI=1S/C20H21N5O/c26-20(23-17-6-10-21-11-7-17)24-13-9-19-18(14-24)22-15-25(19)12-8-16-4-2-1-3-5-16/h1-7,10-11,15H,8-9,12-14H2,(H,21,23,26). The van der Waals surface area contributed by atoms with Gasteiger partial charge in [0, 0.05) is 43.3 Å². The van der Waals surface area contributed by atoms with Gasteiger partial charge >= 0.3 is 6.03 Å². The molecule has 2 aromatic heterocycles. The van der Waals surface area contributed by atoms with Gasteiger partial charge in [0.1, 0.15) is 0 Å². The van der Waals surface area contributed by atoms with E-state index in [0.29, 0.717) is 13.1 Å². The fourth-order valence-electron chi connectivity index (χ4n) is 3.27. The molecule has 1 aromatic carbocycles. The highest BCUT2D eigenvalue weighted by molar-refractivity contribution is 5.89. The SMILES string of the molecule is O=C(Nc1ccncc1)N1CCc2c(ncn2CCc2ccccc2)C1. The van der Waals surface area contributed by atoms with E-state index in [0.717, 1.165) is 30.8 Å². The number of carbonyl (C=O) groups excluding carboxylic acids is 1. The third kappa shape index (κ3) is 3.59. The maximum absolute atomic E-state index is 12.5. The first-order chi connectivity index (χ1) is 12.8. The van der Waals surface area contributed by atoms with Crippen molar-refractivity contribution < 1.29 is 4.79 Å². The molecule has 26 heavy (non-hydrogen) atoms. The highest BCUT2D eigenvalue weighted by atomic mass is 16.2. The summed E-state index contributed by atoms with van der Waals surface area (Å²) in [6.07, 6.45) is 7.04. The number of imidazole rings is 1. The van der Waals surface area contributed by atoms with Crippen LogP contribution in [0.5, 0.6) is 0 Å². The minimum Gasteiger partial charge on any atom is -0.334 e. The molecule has 6 heteroatoms. The Labute approximate surface area is 152 Å². The van der Waals surface area contributed by atoms with E-state index in [1.165, 1.54) is 11.3 Å². The monoisotopic (exact) mass is 347 g/mol. The van der Waals surface area contributed by atoms with Crippen molar-refractivity contribution in [3.05, 3.63) is 78.1 Å². The molecule has 2 amide bonds. The zero-order chi connectivity index (χ0) is 17.8. The molecule has 1 aliphatic heterocycles. The summed E-state index contributed by atoms with van der Waals surface area (Å²) in [4.78, 5) is 22.8. The van der Waals surface area contributed by atoms with Crippen molar-refractivity contribution >= 4 is 11.7 Å². The lowest BCUT2D eigenvalue weighted by molar-refractivity contribution is 0.205. The van der Waals surface area contributed by atoms with Crippen LogP contribution in [0.4, 0.5) is 10.5 Å². The van der Waals surface area contributed by atoms with Crippen LogP contribution >= 0.6 is 0 Å². The minimum atomic E-state index is -0.0966. The summed E-state index contributed by atoms with van der Waals surface area (Å²) in [6.45, 7) is 2.15. The molecule has 132 valence electrons. The second-order valence-electron chi connectivity index (χ2n) is 6.40. The molecule has 0 spiro atoms. The molecule has 4 rings (SSSR count). The van der Waals surface area contributed by atoms with Gasteiger partial charge in [0.25, 0.3) is 0 Å². The summed E-state index contributed by atoms with van der Waals surface area (Å²) >= 11 is 0. The van der Waals surface area contributed by atoms with Gasteiger partial charge in [0.2, 0.25) is 0 Å². The van der Waals surface area contributed by atoms with E-state index in [9.17, 15) is 4.79 Å². The minimum absolute atomic E-state index is 0.0966. The molecular weight excluding hydrogens is 326 g/mol. The van der Waals surface area contributed by atoms with Gasteiger partial charge in [-0.3, -0.25) is 4.98 Å². The Morgan fingerprint density at radius 3 is 2.73 bits per heavy atom. The number of hydrogen-bond donors (Lipinski definition) is 1. The smallest absolute Gasteiger partial charge is 0.322 e. The van der Waals surface area contributed by atoms with Crippen LogP contribution in [0.15, 0.2) is 61.2 Å². The summed E-state index contributed by atoms with van der Waals surface area (Å²) in [6, 6.07) is 13.9. The lowest BCUT2D eigenvalue weighted by Crippen LogP contribution is -2.39. The molecule has 0 aliphatic carbocycles. The Morgan fingerprint density at radius 1 is 1.12 bits per heavy atom. The van der Waals surface area contributed by atoms with Gasteiger partial charge in [-0.2, -0.15) is 0 Å². The number of nitrogens with zero attached hydrogens (tertiary/aromatic N) is 4. The van der Waals surface area contributed by atoms with Gasteiger partial charge in [-0.25, -0.2) is 9.78 Å². The van der Waals surface area contributed by atoms with Crippen LogP contribution in [0.25, 0.3) is 0 Å². The van der Waals surface area contributed by atoms with Crippen molar-refractivity contribution in [3.8, 4) is 0 Å². The molecular formula is C20H21N5O. The molecule has 3 heterocycles. The number of aryl methyl sites for hydroxylation is 2. The summed E-state index contributed by atoms with van der Waals surface area (Å²) in [5.74, 6) is 0. The molecule has 0 bridgehead atoms. The van der Waals surface area contributed by atoms with Crippen molar-refractivity contribution in [1.82, 2.24) is 19.4 Å².